The summed E-state index contributed by atoms with van der Waals surface area (Å²) in [6.45, 7) is 1.93. The SMILES string of the molecule is Cc1ccc(S(=O)(=O)n2cnc(CC(NC(=O)C3CCC(=O)N3C(=O)OCc3ccccc3)C(=O)N3CCCC3C(N)=O)c2)cc1. The van der Waals surface area contributed by atoms with Crippen LogP contribution in [0, 0.1) is 6.92 Å². The molecule has 3 heterocycles. The number of imide groups is 1. The van der Waals surface area contributed by atoms with Gasteiger partial charge in [0.05, 0.1) is 10.6 Å². The number of hydrogen-bond acceptors (Lipinski definition) is 9. The zero-order valence-electron chi connectivity index (χ0n) is 25.1. The molecule has 3 unspecified atom stereocenters. The minimum atomic E-state index is -4.00. The summed E-state index contributed by atoms with van der Waals surface area (Å²) in [6.07, 6.45) is 1.87. The van der Waals surface area contributed by atoms with Gasteiger partial charge in [0, 0.05) is 25.6 Å². The first kappa shape index (κ1) is 32.3. The van der Waals surface area contributed by atoms with Crippen LogP contribution in [0.4, 0.5) is 4.79 Å². The molecule has 2 fully saturated rings. The Bertz CT molecular complexity index is 1740. The van der Waals surface area contributed by atoms with Crippen LogP contribution in [-0.4, -0.2) is 81.6 Å². The summed E-state index contributed by atoms with van der Waals surface area (Å²) < 4.78 is 32.6. The topological polar surface area (TPSA) is 191 Å². The van der Waals surface area contributed by atoms with Crippen molar-refractivity contribution in [2.75, 3.05) is 6.54 Å². The van der Waals surface area contributed by atoms with Crippen molar-refractivity contribution < 1.29 is 37.1 Å². The number of rotatable bonds is 10. The molecule has 46 heavy (non-hydrogen) atoms. The maximum atomic E-state index is 13.8. The Kier molecular flexibility index (Phi) is 9.51. The van der Waals surface area contributed by atoms with E-state index in [0.717, 1.165) is 20.8 Å². The van der Waals surface area contributed by atoms with Crippen LogP contribution in [-0.2, 0) is 47.0 Å². The lowest BCUT2D eigenvalue weighted by molar-refractivity contribution is -0.141. The average Bonchev–Trinajstić information content (AvgIpc) is 3.80. The molecule has 14 nitrogen and oxygen atoms in total. The minimum Gasteiger partial charge on any atom is -0.444 e. The van der Waals surface area contributed by atoms with Crippen LogP contribution in [0.3, 0.4) is 0 Å². The first-order chi connectivity index (χ1) is 22.0. The molecule has 2 aliphatic rings. The van der Waals surface area contributed by atoms with E-state index in [9.17, 15) is 32.4 Å². The van der Waals surface area contributed by atoms with Crippen molar-refractivity contribution >= 4 is 39.7 Å². The van der Waals surface area contributed by atoms with Gasteiger partial charge < -0.3 is 20.7 Å². The molecule has 2 aromatic carbocycles. The normalized spacial score (nSPS) is 18.8. The van der Waals surface area contributed by atoms with Gasteiger partial charge in [-0.2, -0.15) is 0 Å². The monoisotopic (exact) mass is 650 g/mol. The Morgan fingerprint density at radius 1 is 1.04 bits per heavy atom. The van der Waals surface area contributed by atoms with Crippen molar-refractivity contribution in [2.45, 2.75) is 68.7 Å². The number of aromatic nitrogens is 2. The second kappa shape index (κ2) is 13.5. The van der Waals surface area contributed by atoms with E-state index >= 15 is 0 Å². The Balaban J connectivity index is 1.36. The molecule has 15 heteroatoms. The number of nitrogens with one attached hydrogen (secondary N) is 1. The Hall–Kier alpha value is -5.05. The van der Waals surface area contributed by atoms with Crippen LogP contribution in [0.15, 0.2) is 72.0 Å². The van der Waals surface area contributed by atoms with E-state index in [4.69, 9.17) is 10.5 Å². The third kappa shape index (κ3) is 6.93. The first-order valence-corrected chi connectivity index (χ1v) is 16.2. The molecule has 3 aromatic rings. The van der Waals surface area contributed by atoms with Gasteiger partial charge in [0.1, 0.15) is 31.1 Å². The Morgan fingerprint density at radius 2 is 1.76 bits per heavy atom. The van der Waals surface area contributed by atoms with Crippen molar-refractivity contribution in [3.8, 4) is 0 Å². The lowest BCUT2D eigenvalue weighted by Gasteiger charge is -2.29. The zero-order chi connectivity index (χ0) is 33.0. The second-order valence-corrected chi connectivity index (χ2v) is 13.1. The van der Waals surface area contributed by atoms with Crippen LogP contribution in [0.25, 0.3) is 0 Å². The van der Waals surface area contributed by atoms with E-state index in [2.05, 4.69) is 10.3 Å². The van der Waals surface area contributed by atoms with Gasteiger partial charge in [-0.15, -0.1) is 0 Å². The summed E-state index contributed by atoms with van der Waals surface area (Å²) in [5.74, 6) is -2.72. The van der Waals surface area contributed by atoms with Crippen LogP contribution >= 0.6 is 0 Å². The summed E-state index contributed by atoms with van der Waals surface area (Å²) >= 11 is 0. The number of nitrogens with two attached hydrogens (primary N) is 1. The van der Waals surface area contributed by atoms with E-state index in [0.29, 0.717) is 18.4 Å². The lowest BCUT2D eigenvalue weighted by atomic mass is 10.1. The Labute approximate surface area is 265 Å². The third-order valence-corrected chi connectivity index (χ3v) is 9.64. The number of nitrogens with zero attached hydrogens (tertiary/aromatic N) is 4. The number of carbonyl (C=O) groups excluding carboxylic acids is 5. The van der Waals surface area contributed by atoms with Crippen molar-refractivity contribution in [1.82, 2.24) is 24.1 Å². The summed E-state index contributed by atoms with van der Waals surface area (Å²) in [6, 6.07) is 11.6. The highest BCUT2D eigenvalue weighted by atomic mass is 32.2. The van der Waals surface area contributed by atoms with Gasteiger partial charge in [-0.3, -0.25) is 19.2 Å². The van der Waals surface area contributed by atoms with E-state index in [1.165, 1.54) is 23.2 Å². The number of primary amides is 1. The average molecular weight is 651 g/mol. The first-order valence-electron chi connectivity index (χ1n) is 14.7. The highest BCUT2D eigenvalue weighted by Gasteiger charge is 2.43. The van der Waals surface area contributed by atoms with Crippen LogP contribution in [0.1, 0.15) is 42.5 Å². The molecular formula is C31H34N6O8S. The van der Waals surface area contributed by atoms with Crippen molar-refractivity contribution in [1.29, 1.82) is 0 Å². The number of benzene rings is 2. The summed E-state index contributed by atoms with van der Waals surface area (Å²) in [5, 5.41) is 2.63. The van der Waals surface area contributed by atoms with E-state index in [1.54, 1.807) is 42.5 Å². The van der Waals surface area contributed by atoms with Gasteiger partial charge in [-0.25, -0.2) is 27.1 Å². The fourth-order valence-corrected chi connectivity index (χ4v) is 6.72. The van der Waals surface area contributed by atoms with E-state index in [-0.39, 0.29) is 43.0 Å². The van der Waals surface area contributed by atoms with E-state index in [1.807, 2.05) is 6.92 Å². The van der Waals surface area contributed by atoms with Gasteiger partial charge >= 0.3 is 6.09 Å². The maximum Gasteiger partial charge on any atom is 0.417 e. The molecular weight excluding hydrogens is 616 g/mol. The predicted molar refractivity (Wildman–Crippen MR) is 162 cm³/mol. The molecule has 0 bridgehead atoms. The minimum absolute atomic E-state index is 0.00304. The second-order valence-electron chi connectivity index (χ2n) is 11.2. The number of carbonyl (C=O) groups is 5. The molecule has 0 saturated carbocycles. The fourth-order valence-electron chi connectivity index (χ4n) is 5.57. The molecule has 0 spiro atoms. The van der Waals surface area contributed by atoms with Gasteiger partial charge in [0.15, 0.2) is 0 Å². The quantitative estimate of drug-likeness (QED) is 0.325. The Morgan fingerprint density at radius 3 is 2.46 bits per heavy atom. The molecule has 242 valence electrons. The molecule has 0 aliphatic carbocycles. The van der Waals surface area contributed by atoms with Gasteiger partial charge in [0.2, 0.25) is 23.6 Å². The molecule has 3 N–H and O–H groups in total. The largest absolute Gasteiger partial charge is 0.444 e. The maximum absolute atomic E-state index is 13.8. The molecule has 3 atom stereocenters. The fraction of sp³-hybridized carbons (Fsp3) is 0.355. The van der Waals surface area contributed by atoms with E-state index < -0.39 is 57.9 Å². The molecule has 5 amide bonds. The van der Waals surface area contributed by atoms with Crippen LogP contribution in [0.2, 0.25) is 0 Å². The number of amides is 5. The number of imidazole rings is 1. The van der Waals surface area contributed by atoms with Gasteiger partial charge in [-0.1, -0.05) is 48.0 Å². The van der Waals surface area contributed by atoms with Crippen LogP contribution < -0.4 is 11.1 Å². The summed E-state index contributed by atoms with van der Waals surface area (Å²) in [5.41, 5.74) is 7.26. The van der Waals surface area contributed by atoms with Gasteiger partial charge in [0.25, 0.3) is 10.0 Å². The van der Waals surface area contributed by atoms with Crippen LogP contribution in [0.5, 0.6) is 0 Å². The van der Waals surface area contributed by atoms with Crippen molar-refractivity contribution in [2.24, 2.45) is 5.73 Å². The van der Waals surface area contributed by atoms with Crippen molar-refractivity contribution in [3.05, 3.63) is 83.9 Å². The zero-order valence-corrected chi connectivity index (χ0v) is 25.9. The van der Waals surface area contributed by atoms with Gasteiger partial charge in [-0.05, 0) is 43.9 Å². The highest BCUT2D eigenvalue weighted by Crippen LogP contribution is 2.23. The smallest absolute Gasteiger partial charge is 0.417 e. The summed E-state index contributed by atoms with van der Waals surface area (Å²) in [7, 11) is -4.00. The predicted octanol–water partition coefficient (Wildman–Crippen LogP) is 1.26. The molecule has 1 aromatic heterocycles. The number of aryl methyl sites for hydroxylation is 1. The molecule has 2 saturated heterocycles. The molecule has 0 radical (unpaired) electrons. The number of ether oxygens (including phenoxy) is 1. The lowest BCUT2D eigenvalue weighted by Crippen LogP contribution is -2.57. The molecule has 5 rings (SSSR count). The number of likely N-dealkylation sites (tertiary alicyclic amines) is 2. The van der Waals surface area contributed by atoms with Crippen molar-refractivity contribution in [3.63, 3.8) is 0 Å². The number of hydrogen-bond donors (Lipinski definition) is 2. The third-order valence-electron chi connectivity index (χ3n) is 8.02. The molecule has 2 aliphatic heterocycles. The standard InChI is InChI=1S/C31H34N6O8S/c1-20-9-11-23(12-10-20)46(43,44)35-17-22(33-19-35)16-24(30(41)36-15-5-8-25(36)28(32)39)34-29(40)26-13-14-27(38)37(26)31(42)45-18-21-6-3-2-4-7-21/h2-4,6-7,9-12,17,19,24-26H,5,8,13-16,18H2,1H3,(H2,32,39)(H,34,40). The summed E-state index contributed by atoms with van der Waals surface area (Å²) in [4.78, 5) is 71.3. The highest BCUT2D eigenvalue weighted by molar-refractivity contribution is 7.90.